The van der Waals surface area contributed by atoms with E-state index >= 15 is 0 Å². The van der Waals surface area contributed by atoms with Crippen LogP contribution in [0.2, 0.25) is 0 Å². The van der Waals surface area contributed by atoms with Gasteiger partial charge in [-0.3, -0.25) is 9.59 Å². The average Bonchev–Trinajstić information content (AvgIpc) is 2.90. The Labute approximate surface area is 116 Å². The Morgan fingerprint density at radius 2 is 2.00 bits per heavy atom. The lowest BCUT2D eigenvalue weighted by Gasteiger charge is -2.48. The molecule has 0 aromatic carbocycles. The van der Waals surface area contributed by atoms with Gasteiger partial charge in [0.05, 0.1) is 11.8 Å². The fourth-order valence-electron chi connectivity index (χ4n) is 5.68. The van der Waals surface area contributed by atoms with E-state index in [4.69, 9.17) is 14.2 Å². The van der Waals surface area contributed by atoms with Crippen molar-refractivity contribution in [1.29, 1.82) is 0 Å². The first-order valence-electron chi connectivity index (χ1n) is 7.59. The van der Waals surface area contributed by atoms with Crippen molar-refractivity contribution >= 4 is 11.9 Å². The second-order valence-electron chi connectivity index (χ2n) is 7.36. The molecule has 5 fully saturated rings. The highest BCUT2D eigenvalue weighted by Crippen LogP contribution is 2.75. The molecule has 3 heterocycles. The van der Waals surface area contributed by atoms with Crippen molar-refractivity contribution in [3.05, 3.63) is 0 Å². The van der Waals surface area contributed by atoms with Gasteiger partial charge < -0.3 is 14.2 Å². The molecule has 0 aromatic rings. The van der Waals surface area contributed by atoms with E-state index in [2.05, 4.69) is 6.92 Å². The molecule has 0 N–H and O–H groups in total. The zero-order valence-corrected chi connectivity index (χ0v) is 11.7. The molecule has 0 unspecified atom stereocenters. The van der Waals surface area contributed by atoms with Gasteiger partial charge in [-0.2, -0.15) is 0 Å². The summed E-state index contributed by atoms with van der Waals surface area (Å²) in [7, 11) is 0. The number of rotatable bonds is 0. The summed E-state index contributed by atoms with van der Waals surface area (Å²) >= 11 is 0. The van der Waals surface area contributed by atoms with Crippen LogP contribution in [0, 0.1) is 23.2 Å². The zero-order chi connectivity index (χ0) is 13.9. The first-order chi connectivity index (χ1) is 9.46. The summed E-state index contributed by atoms with van der Waals surface area (Å²) in [5.74, 6) is -1.16. The van der Waals surface area contributed by atoms with Crippen molar-refractivity contribution in [2.75, 3.05) is 0 Å². The summed E-state index contributed by atoms with van der Waals surface area (Å²) in [6.45, 7) is 4.00. The predicted octanol–water partition coefficient (Wildman–Crippen LogP) is 1.40. The van der Waals surface area contributed by atoms with Gasteiger partial charge in [0.15, 0.2) is 5.60 Å². The fraction of sp³-hybridized carbons (Fsp3) is 0.867. The van der Waals surface area contributed by atoms with Gasteiger partial charge in [-0.15, -0.1) is 0 Å². The molecule has 0 bridgehead atoms. The largest absolute Gasteiger partial charge is 0.458 e. The molecule has 5 aliphatic rings. The summed E-state index contributed by atoms with van der Waals surface area (Å²) in [5.41, 5.74) is -0.908. The summed E-state index contributed by atoms with van der Waals surface area (Å²) in [5, 5.41) is 0. The molecule has 0 aromatic heterocycles. The van der Waals surface area contributed by atoms with Gasteiger partial charge in [0.1, 0.15) is 6.10 Å². The molecular weight excluding hydrogens is 260 g/mol. The maximum Gasteiger partial charge on any atom is 0.314 e. The van der Waals surface area contributed by atoms with Crippen LogP contribution in [-0.4, -0.2) is 29.4 Å². The van der Waals surface area contributed by atoms with Crippen LogP contribution < -0.4 is 0 Å². The van der Waals surface area contributed by atoms with E-state index in [1.807, 2.05) is 6.92 Å². The molecule has 3 saturated heterocycles. The van der Waals surface area contributed by atoms with Crippen LogP contribution in [0.15, 0.2) is 0 Å². The minimum Gasteiger partial charge on any atom is -0.458 e. The Bertz CT molecular complexity index is 558. The monoisotopic (exact) mass is 278 g/mol. The van der Waals surface area contributed by atoms with Crippen molar-refractivity contribution < 1.29 is 23.8 Å². The van der Waals surface area contributed by atoms with Gasteiger partial charge >= 0.3 is 11.9 Å². The Morgan fingerprint density at radius 3 is 2.80 bits per heavy atom. The smallest absolute Gasteiger partial charge is 0.314 e. The standard InChI is InChI=1S/C15H18O5/c1-7-10(16)19-14-6-8-4-3-5-9-11(17)18-12(13(8,9)2)15(7,14)20-14/h7-9,12H,3-6H2,1-2H3/t7-,8-,9-,12-,13+,14+,15-/m1/s1. The summed E-state index contributed by atoms with van der Waals surface area (Å²) in [6, 6.07) is 0. The summed E-state index contributed by atoms with van der Waals surface area (Å²) in [6.07, 6.45) is 3.40. The maximum absolute atomic E-state index is 12.3. The molecule has 0 radical (unpaired) electrons. The number of carbonyl (C=O) groups excluding carboxylic acids is 2. The molecule has 2 aliphatic carbocycles. The molecule has 5 rings (SSSR count). The van der Waals surface area contributed by atoms with E-state index in [1.54, 1.807) is 0 Å². The number of hydrogen-bond donors (Lipinski definition) is 0. The second-order valence-corrected chi connectivity index (χ2v) is 7.36. The number of hydrogen-bond acceptors (Lipinski definition) is 5. The van der Waals surface area contributed by atoms with Crippen LogP contribution in [0.3, 0.4) is 0 Å². The highest BCUT2D eigenvalue weighted by atomic mass is 16.8. The van der Waals surface area contributed by atoms with E-state index in [9.17, 15) is 9.59 Å². The summed E-state index contributed by atoms with van der Waals surface area (Å²) < 4.78 is 17.3. The molecule has 0 amide bonds. The molecule has 7 atom stereocenters. The molecular formula is C15H18O5. The van der Waals surface area contributed by atoms with Crippen molar-refractivity contribution in [3.8, 4) is 0 Å². The van der Waals surface area contributed by atoms with Crippen LogP contribution >= 0.6 is 0 Å². The first kappa shape index (κ1) is 11.5. The highest BCUT2D eigenvalue weighted by molar-refractivity contribution is 5.82. The van der Waals surface area contributed by atoms with E-state index in [0.29, 0.717) is 5.92 Å². The number of epoxide rings is 1. The lowest BCUT2D eigenvalue weighted by Crippen LogP contribution is -2.57. The van der Waals surface area contributed by atoms with Crippen molar-refractivity contribution in [1.82, 2.24) is 0 Å². The number of esters is 2. The van der Waals surface area contributed by atoms with Crippen LogP contribution in [0.25, 0.3) is 0 Å². The lowest BCUT2D eigenvalue weighted by atomic mass is 9.52. The minimum absolute atomic E-state index is 0.0364. The summed E-state index contributed by atoms with van der Waals surface area (Å²) in [4.78, 5) is 24.3. The fourth-order valence-corrected chi connectivity index (χ4v) is 5.68. The van der Waals surface area contributed by atoms with E-state index in [1.165, 1.54) is 0 Å². The SMILES string of the molecule is C[C@@H]1C(=O)O[C@]23C[C@H]4CCC[C@@H]5C(=O)O[C@H]([C@@]45C)[C@]12O3. The first-order valence-corrected chi connectivity index (χ1v) is 7.59. The lowest BCUT2D eigenvalue weighted by molar-refractivity contribution is -0.163. The van der Waals surface area contributed by atoms with Gasteiger partial charge in [-0.25, -0.2) is 0 Å². The van der Waals surface area contributed by atoms with Crippen molar-refractivity contribution in [2.45, 2.75) is 57.0 Å². The molecule has 5 nitrogen and oxygen atoms in total. The average molecular weight is 278 g/mol. The Balaban J connectivity index is 1.69. The Hall–Kier alpha value is -1.10. The minimum atomic E-state index is -0.801. The van der Waals surface area contributed by atoms with Gasteiger partial charge in [0.25, 0.3) is 0 Å². The molecule has 108 valence electrons. The molecule has 20 heavy (non-hydrogen) atoms. The normalized spacial score (nSPS) is 62.1. The molecule has 5 heteroatoms. The van der Waals surface area contributed by atoms with Crippen molar-refractivity contribution in [3.63, 3.8) is 0 Å². The van der Waals surface area contributed by atoms with Crippen LogP contribution in [0.4, 0.5) is 0 Å². The van der Waals surface area contributed by atoms with Crippen LogP contribution in [0.5, 0.6) is 0 Å². The van der Waals surface area contributed by atoms with Crippen LogP contribution in [-0.2, 0) is 23.8 Å². The van der Waals surface area contributed by atoms with E-state index < -0.39 is 11.4 Å². The third-order valence-electron chi connectivity index (χ3n) is 6.81. The van der Waals surface area contributed by atoms with Gasteiger partial charge in [-0.1, -0.05) is 13.3 Å². The van der Waals surface area contributed by atoms with E-state index in [-0.39, 0.29) is 35.3 Å². The van der Waals surface area contributed by atoms with Gasteiger partial charge in [-0.05, 0) is 25.7 Å². The van der Waals surface area contributed by atoms with E-state index in [0.717, 1.165) is 25.7 Å². The third-order valence-corrected chi connectivity index (χ3v) is 6.81. The zero-order valence-electron chi connectivity index (χ0n) is 11.7. The number of carbonyl (C=O) groups is 2. The third kappa shape index (κ3) is 0.874. The Morgan fingerprint density at radius 1 is 1.20 bits per heavy atom. The van der Waals surface area contributed by atoms with Crippen LogP contribution in [0.1, 0.15) is 39.5 Å². The Kier molecular flexibility index (Phi) is 1.68. The molecule has 3 aliphatic heterocycles. The van der Waals surface area contributed by atoms with Gasteiger partial charge in [0.2, 0.25) is 5.79 Å². The van der Waals surface area contributed by atoms with Crippen molar-refractivity contribution in [2.24, 2.45) is 23.2 Å². The maximum atomic E-state index is 12.3. The highest BCUT2D eigenvalue weighted by Gasteiger charge is 2.92. The van der Waals surface area contributed by atoms with Gasteiger partial charge in [0, 0.05) is 11.8 Å². The topological polar surface area (TPSA) is 65.1 Å². The molecule has 2 saturated carbocycles. The predicted molar refractivity (Wildman–Crippen MR) is 65.2 cm³/mol. The second kappa shape index (κ2) is 2.91. The molecule has 0 spiro atoms. The number of ether oxygens (including phenoxy) is 3. The quantitative estimate of drug-likeness (QED) is 0.495.